The van der Waals surface area contributed by atoms with Crippen molar-refractivity contribution in [2.24, 2.45) is 5.92 Å². The molecule has 18 nitrogen and oxygen atoms in total. The number of carbonyl (C=O) groups excluding carboxylic acids is 5. The molecule has 2 fully saturated rings. The number of nitrogens with one attached hydrogen (secondary N) is 2. The molecule has 4 bridgehead atoms. The Hall–Kier alpha value is -4.30. The lowest BCUT2D eigenvalue weighted by Crippen LogP contribution is -2.63. The highest BCUT2D eigenvalue weighted by atomic mass is 35.5. The van der Waals surface area contributed by atoms with Crippen molar-refractivity contribution in [3.8, 4) is 5.75 Å². The molecule has 3 N–H and O–H groups in total. The van der Waals surface area contributed by atoms with Gasteiger partial charge in [-0.25, -0.2) is 9.59 Å². The van der Waals surface area contributed by atoms with Gasteiger partial charge in [0.05, 0.1) is 51.7 Å². The zero-order valence-corrected chi connectivity index (χ0v) is 43.0. The van der Waals surface area contributed by atoms with Gasteiger partial charge in [0, 0.05) is 78.0 Å². The number of hydrogen-bond acceptors (Lipinski definition) is 14. The van der Waals surface area contributed by atoms with Crippen LogP contribution in [0.1, 0.15) is 99.0 Å². The van der Waals surface area contributed by atoms with Gasteiger partial charge < -0.3 is 58.3 Å². The number of anilines is 1. The van der Waals surface area contributed by atoms with Crippen molar-refractivity contribution >= 4 is 47.1 Å². The van der Waals surface area contributed by atoms with Crippen molar-refractivity contribution in [2.45, 2.75) is 141 Å². The van der Waals surface area contributed by atoms with Crippen LogP contribution in [0.2, 0.25) is 5.02 Å². The van der Waals surface area contributed by atoms with Crippen molar-refractivity contribution in [1.29, 1.82) is 0 Å². The van der Waals surface area contributed by atoms with Crippen molar-refractivity contribution in [3.05, 3.63) is 46.5 Å². The third-order valence-electron chi connectivity index (χ3n) is 13.2. The summed E-state index contributed by atoms with van der Waals surface area (Å²) in [5.41, 5.74) is -1.05. The van der Waals surface area contributed by atoms with E-state index in [9.17, 15) is 29.1 Å². The van der Waals surface area contributed by atoms with Gasteiger partial charge >= 0.3 is 12.1 Å². The average Bonchev–Trinajstić information content (AvgIpc) is 3.98. The minimum Gasteiger partial charge on any atom is -0.495 e. The molecule has 3 heterocycles. The first-order chi connectivity index (χ1) is 31.9. The smallest absolute Gasteiger partial charge is 0.409 e. The topological polar surface area (TPSA) is 207 Å². The van der Waals surface area contributed by atoms with Crippen LogP contribution in [0.15, 0.2) is 35.9 Å². The number of aliphatic hydroxyl groups is 1. The Morgan fingerprint density at radius 2 is 1.72 bits per heavy atom. The predicted octanol–water partition coefficient (Wildman–Crippen LogP) is 5.13. The maximum Gasteiger partial charge on any atom is 0.409 e. The fraction of sp³-hybridized carbons (Fsp3) is 0.694. The van der Waals surface area contributed by atoms with E-state index >= 15 is 0 Å². The number of esters is 1. The number of amides is 4. The SMILES string of the molecule is COc1cc2cc(c1Cl)N(C)C(=O)C[C@H](OC(=O)[C@@H](C)N(C)C(=O)CCCC(=O)N(C)CCOCCOCCNC(C)(C)C)[C@]1(C)O[C@H]1[C@H](C)[C@@H]1C[C@@](O)(NC(=O)O1)[C@H](OC)/C=C/C=C(\C)C2C. The lowest BCUT2D eigenvalue weighted by Gasteiger charge is -2.42. The number of nitrogens with zero attached hydrogens (tertiary/aromatic N) is 3. The summed E-state index contributed by atoms with van der Waals surface area (Å²) < 4.78 is 40.7. The minimum atomic E-state index is -1.87. The minimum absolute atomic E-state index is 0.00299. The molecular formula is C49H76ClN5O13. The standard InChI is InChI=1S/C49H76ClN5O13/c1-30-16-14-17-38(63-13)49(61)29-37(66-46(60)52-49)32(3)44-48(8,68-44)39(28-42(58)55(11)35-26-34(31(30)2)27-36(62-12)43(35)50)67-45(59)33(4)54(10)41(57)19-15-18-40(56)53(9)21-23-65-25-24-64-22-20-51-47(5,6)7/h14,16-17,26-27,31-33,37-39,44,51,61H,15,18-25,28-29H2,1-13H3,(H,52,60)/b17-14+,30-16+/t31?,32-,33-,37+,38-,39+,44+,48+,49+/m1/s1. The highest BCUT2D eigenvalue weighted by Gasteiger charge is 2.64. The molecule has 0 spiro atoms. The summed E-state index contributed by atoms with van der Waals surface area (Å²) in [4.78, 5) is 71.9. The molecule has 0 aromatic heterocycles. The molecule has 2 saturated heterocycles. The van der Waals surface area contributed by atoms with Crippen LogP contribution in [0, 0.1) is 5.92 Å². The number of alkyl carbamates (subject to hydrolysis) is 1. The van der Waals surface area contributed by atoms with Gasteiger partial charge in [0.2, 0.25) is 17.7 Å². The van der Waals surface area contributed by atoms with E-state index in [2.05, 4.69) is 31.4 Å². The molecule has 1 aromatic carbocycles. The normalized spacial score (nSPS) is 28.2. The van der Waals surface area contributed by atoms with Crippen LogP contribution in [-0.2, 0) is 47.6 Å². The van der Waals surface area contributed by atoms with Gasteiger partial charge in [-0.15, -0.1) is 0 Å². The Morgan fingerprint density at radius 1 is 1.06 bits per heavy atom. The fourth-order valence-corrected chi connectivity index (χ4v) is 8.56. The van der Waals surface area contributed by atoms with E-state index in [0.29, 0.717) is 44.4 Å². The number of fused-ring (bicyclic) bond motifs is 5. The van der Waals surface area contributed by atoms with Crippen LogP contribution in [0.25, 0.3) is 0 Å². The molecule has 0 saturated carbocycles. The van der Waals surface area contributed by atoms with Crippen LogP contribution in [-0.4, -0.2) is 167 Å². The summed E-state index contributed by atoms with van der Waals surface area (Å²) in [6, 6.07) is 2.51. The van der Waals surface area contributed by atoms with Crippen LogP contribution < -0.4 is 20.3 Å². The Labute approximate surface area is 407 Å². The van der Waals surface area contributed by atoms with E-state index in [1.54, 1.807) is 57.1 Å². The molecule has 1 unspecified atom stereocenters. The van der Waals surface area contributed by atoms with Gasteiger partial charge in [0.15, 0.2) is 5.72 Å². The second-order valence-corrected chi connectivity index (χ2v) is 19.7. The summed E-state index contributed by atoms with van der Waals surface area (Å²) in [6.45, 7) is 18.1. The first-order valence-corrected chi connectivity index (χ1v) is 23.8. The van der Waals surface area contributed by atoms with Crippen molar-refractivity contribution in [1.82, 2.24) is 20.4 Å². The first-order valence-electron chi connectivity index (χ1n) is 23.4. The van der Waals surface area contributed by atoms with E-state index in [-0.39, 0.29) is 60.4 Å². The zero-order chi connectivity index (χ0) is 50.7. The number of halogens is 1. The predicted molar refractivity (Wildman–Crippen MR) is 257 cm³/mol. The number of epoxide rings is 1. The highest BCUT2D eigenvalue weighted by molar-refractivity contribution is 6.35. The number of rotatable bonds is 18. The van der Waals surface area contributed by atoms with Crippen LogP contribution in [0.4, 0.5) is 10.5 Å². The van der Waals surface area contributed by atoms with Crippen LogP contribution in [0.5, 0.6) is 5.75 Å². The van der Waals surface area contributed by atoms with E-state index in [0.717, 1.165) is 17.7 Å². The number of likely N-dealkylation sites (N-methyl/N-ethyl adjacent to an activating group) is 2. The summed E-state index contributed by atoms with van der Waals surface area (Å²) in [7, 11) is 7.63. The molecule has 19 heteroatoms. The van der Waals surface area contributed by atoms with E-state index in [4.69, 9.17) is 44.8 Å². The van der Waals surface area contributed by atoms with Gasteiger partial charge in [0.1, 0.15) is 40.7 Å². The molecule has 1 aromatic rings. The number of allylic oxidation sites excluding steroid dienone is 3. The first kappa shape index (κ1) is 56.3. The molecule has 4 rings (SSSR count). The molecule has 3 aliphatic rings. The molecule has 9 atom stereocenters. The molecule has 3 aliphatic heterocycles. The summed E-state index contributed by atoms with van der Waals surface area (Å²) in [5, 5.41) is 17.9. The number of methoxy groups -OCH3 is 2. The molecule has 4 amide bonds. The van der Waals surface area contributed by atoms with Gasteiger partial charge in [-0.1, -0.05) is 49.2 Å². The second kappa shape index (κ2) is 24.5. The molecule has 68 heavy (non-hydrogen) atoms. The highest BCUT2D eigenvalue weighted by Crippen LogP contribution is 2.49. The molecule has 0 radical (unpaired) electrons. The number of carbonyl (C=O) groups is 5. The number of ether oxygens (including phenoxy) is 7. The fourth-order valence-electron chi connectivity index (χ4n) is 8.25. The van der Waals surface area contributed by atoms with E-state index in [1.807, 2.05) is 19.9 Å². The summed E-state index contributed by atoms with van der Waals surface area (Å²) in [6.07, 6.45) is 0.550. The van der Waals surface area contributed by atoms with Crippen molar-refractivity contribution in [2.75, 3.05) is 79.8 Å². The van der Waals surface area contributed by atoms with Crippen LogP contribution >= 0.6 is 11.6 Å². The maximum absolute atomic E-state index is 14.4. The number of benzene rings is 1. The quantitative estimate of drug-likeness (QED) is 0.0992. The molecule has 0 aliphatic carbocycles. The van der Waals surface area contributed by atoms with E-state index in [1.165, 1.54) is 38.0 Å². The second-order valence-electron chi connectivity index (χ2n) is 19.3. The average molecular weight is 979 g/mol. The third-order valence-corrected chi connectivity index (χ3v) is 13.6. The van der Waals surface area contributed by atoms with Gasteiger partial charge in [-0.3, -0.25) is 19.7 Å². The Balaban J connectivity index is 1.47. The van der Waals surface area contributed by atoms with Crippen molar-refractivity contribution < 1.29 is 62.2 Å². The lowest BCUT2D eigenvalue weighted by atomic mass is 9.83. The maximum atomic E-state index is 14.4. The largest absolute Gasteiger partial charge is 0.495 e. The monoisotopic (exact) mass is 978 g/mol. The molecular weight excluding hydrogens is 902 g/mol. The Kier molecular flexibility index (Phi) is 20.3. The van der Waals surface area contributed by atoms with E-state index < -0.39 is 65.7 Å². The van der Waals surface area contributed by atoms with Gasteiger partial charge in [0.25, 0.3) is 0 Å². The number of hydrogen-bond donors (Lipinski definition) is 3. The Bertz CT molecular complexity index is 1990. The Morgan fingerprint density at radius 3 is 2.37 bits per heavy atom. The van der Waals surface area contributed by atoms with Gasteiger partial charge in [-0.2, -0.15) is 0 Å². The molecule has 382 valence electrons. The summed E-state index contributed by atoms with van der Waals surface area (Å²) in [5.74, 6) is -2.21. The zero-order valence-electron chi connectivity index (χ0n) is 42.3. The third kappa shape index (κ3) is 14.9. The summed E-state index contributed by atoms with van der Waals surface area (Å²) >= 11 is 6.85. The van der Waals surface area contributed by atoms with Crippen molar-refractivity contribution in [3.63, 3.8) is 0 Å². The lowest BCUT2D eigenvalue weighted by molar-refractivity contribution is -0.162. The van der Waals surface area contributed by atoms with Crippen LogP contribution in [0.3, 0.4) is 0 Å². The van der Waals surface area contributed by atoms with Gasteiger partial charge in [-0.05, 0) is 65.7 Å².